The average Bonchev–Trinajstić information content (AvgIpc) is 3.15. The number of hydrogen-bond donors (Lipinski definition) is 2. The molecule has 0 spiro atoms. The molecule has 0 fully saturated rings. The molecule has 0 aliphatic rings. The Labute approximate surface area is 139 Å². The van der Waals surface area contributed by atoms with Gasteiger partial charge in [-0.05, 0) is 13.0 Å². The van der Waals surface area contributed by atoms with Gasteiger partial charge in [0.05, 0.1) is 6.54 Å². The molecule has 2 N–H and O–H groups in total. The second-order valence-electron chi connectivity index (χ2n) is 4.90. The van der Waals surface area contributed by atoms with Gasteiger partial charge in [0, 0.05) is 30.4 Å². The number of carbonyl (C=O) groups excluding carboxylic acids is 1. The second kappa shape index (κ2) is 7.24. The summed E-state index contributed by atoms with van der Waals surface area (Å²) >= 11 is 1.47. The quantitative estimate of drug-likeness (QED) is 0.790. The molecule has 9 heteroatoms. The van der Waals surface area contributed by atoms with Crippen LogP contribution in [0.1, 0.15) is 35.0 Å². The van der Waals surface area contributed by atoms with Crippen LogP contribution in [0, 0.1) is 6.92 Å². The van der Waals surface area contributed by atoms with Gasteiger partial charge in [-0.15, -0.1) is 11.3 Å². The van der Waals surface area contributed by atoms with E-state index in [4.69, 9.17) is 0 Å². The summed E-state index contributed by atoms with van der Waals surface area (Å²) in [5.74, 6) is -0.362. The Kier molecular flexibility index (Phi) is 5.55. The number of thiazole rings is 1. The number of nitrogens with zero attached hydrogens (tertiary/aromatic N) is 2. The fraction of sp³-hybridized carbons (Fsp3) is 0.429. The first kappa shape index (κ1) is 17.6. The van der Waals surface area contributed by atoms with Crippen LogP contribution in [0.2, 0.25) is 0 Å². The molecule has 2 heterocycles. The SMILES string of the molecule is CCN(CC)S(=O)(=O)c1c[nH]c(C(=O)NCc2nc(C)cs2)c1. The molecule has 2 rings (SSSR count). The largest absolute Gasteiger partial charge is 0.356 e. The highest BCUT2D eigenvalue weighted by molar-refractivity contribution is 7.89. The van der Waals surface area contributed by atoms with E-state index < -0.39 is 10.0 Å². The Balaban J connectivity index is 2.07. The van der Waals surface area contributed by atoms with Crippen LogP contribution in [0.25, 0.3) is 0 Å². The summed E-state index contributed by atoms with van der Waals surface area (Å²) in [5, 5.41) is 5.43. The van der Waals surface area contributed by atoms with Gasteiger partial charge in [-0.1, -0.05) is 13.8 Å². The van der Waals surface area contributed by atoms with E-state index in [2.05, 4.69) is 15.3 Å². The van der Waals surface area contributed by atoms with E-state index in [1.54, 1.807) is 13.8 Å². The second-order valence-corrected chi connectivity index (χ2v) is 7.78. The molecule has 126 valence electrons. The number of amides is 1. The Morgan fingerprint density at radius 3 is 2.65 bits per heavy atom. The van der Waals surface area contributed by atoms with Crippen LogP contribution in [-0.4, -0.2) is 41.7 Å². The molecule has 2 aromatic rings. The summed E-state index contributed by atoms with van der Waals surface area (Å²) in [6.07, 6.45) is 1.34. The zero-order valence-corrected chi connectivity index (χ0v) is 14.9. The Bertz CT molecular complexity index is 776. The maximum absolute atomic E-state index is 12.4. The molecular weight excluding hydrogens is 336 g/mol. The molecule has 23 heavy (non-hydrogen) atoms. The summed E-state index contributed by atoms with van der Waals surface area (Å²) < 4.78 is 26.1. The predicted molar refractivity (Wildman–Crippen MR) is 88.9 cm³/mol. The summed E-state index contributed by atoms with van der Waals surface area (Å²) in [4.78, 5) is 19.2. The van der Waals surface area contributed by atoms with Crippen molar-refractivity contribution in [1.82, 2.24) is 19.6 Å². The van der Waals surface area contributed by atoms with Crippen LogP contribution < -0.4 is 5.32 Å². The Hall–Kier alpha value is -1.71. The van der Waals surface area contributed by atoms with Crippen molar-refractivity contribution in [1.29, 1.82) is 0 Å². The standard InChI is InChI=1S/C14H20N4O3S2/c1-4-18(5-2)23(20,21)11-6-12(15-7-11)14(19)16-8-13-17-10(3)9-22-13/h6-7,9,15H,4-5,8H2,1-3H3,(H,16,19). The molecule has 0 aromatic carbocycles. The maximum Gasteiger partial charge on any atom is 0.268 e. The van der Waals surface area contributed by atoms with E-state index in [9.17, 15) is 13.2 Å². The summed E-state index contributed by atoms with van der Waals surface area (Å²) in [5.41, 5.74) is 1.12. The Morgan fingerprint density at radius 1 is 1.39 bits per heavy atom. The lowest BCUT2D eigenvalue weighted by Crippen LogP contribution is -2.30. The number of aromatic amines is 1. The molecule has 0 unspecified atom stereocenters. The molecule has 0 bridgehead atoms. The molecule has 0 atom stereocenters. The lowest BCUT2D eigenvalue weighted by atomic mass is 10.4. The maximum atomic E-state index is 12.4. The number of aromatic nitrogens is 2. The number of carbonyl (C=O) groups is 1. The van der Waals surface area contributed by atoms with Gasteiger partial charge in [0.2, 0.25) is 10.0 Å². The molecular formula is C14H20N4O3S2. The van der Waals surface area contributed by atoms with Gasteiger partial charge in [0.1, 0.15) is 15.6 Å². The summed E-state index contributed by atoms with van der Waals surface area (Å²) in [6.45, 7) is 6.52. The molecule has 2 aromatic heterocycles. The van der Waals surface area contributed by atoms with E-state index >= 15 is 0 Å². The number of rotatable bonds is 7. The zero-order chi connectivity index (χ0) is 17.0. The number of sulfonamides is 1. The lowest BCUT2D eigenvalue weighted by molar-refractivity contribution is 0.0946. The lowest BCUT2D eigenvalue weighted by Gasteiger charge is -2.16. The van der Waals surface area contributed by atoms with Crippen molar-refractivity contribution < 1.29 is 13.2 Å². The number of nitrogens with one attached hydrogen (secondary N) is 2. The van der Waals surface area contributed by atoms with Gasteiger partial charge in [0.15, 0.2) is 0 Å². The average molecular weight is 356 g/mol. The molecule has 0 radical (unpaired) electrons. The molecule has 0 saturated carbocycles. The fourth-order valence-electron chi connectivity index (χ4n) is 2.10. The van der Waals surface area contributed by atoms with Crippen LogP contribution in [0.5, 0.6) is 0 Å². The van der Waals surface area contributed by atoms with Crippen LogP contribution in [0.3, 0.4) is 0 Å². The molecule has 0 aliphatic heterocycles. The van der Waals surface area contributed by atoms with Gasteiger partial charge in [-0.25, -0.2) is 13.4 Å². The Morgan fingerprint density at radius 2 is 2.09 bits per heavy atom. The van der Waals surface area contributed by atoms with Crippen molar-refractivity contribution >= 4 is 27.3 Å². The highest BCUT2D eigenvalue weighted by atomic mass is 32.2. The van der Waals surface area contributed by atoms with E-state index in [0.29, 0.717) is 19.6 Å². The summed E-state index contributed by atoms with van der Waals surface area (Å²) in [7, 11) is -3.57. The van der Waals surface area contributed by atoms with Gasteiger partial charge < -0.3 is 10.3 Å². The van der Waals surface area contributed by atoms with Gasteiger partial charge in [-0.3, -0.25) is 4.79 Å². The van der Waals surface area contributed by atoms with Gasteiger partial charge in [0.25, 0.3) is 5.91 Å². The van der Waals surface area contributed by atoms with Crippen LogP contribution in [-0.2, 0) is 16.6 Å². The minimum absolute atomic E-state index is 0.0939. The monoisotopic (exact) mass is 356 g/mol. The first-order valence-electron chi connectivity index (χ1n) is 7.26. The minimum atomic E-state index is -3.57. The number of H-pyrrole nitrogens is 1. The van der Waals surface area contributed by atoms with Crippen LogP contribution in [0.15, 0.2) is 22.5 Å². The molecule has 7 nitrogen and oxygen atoms in total. The topological polar surface area (TPSA) is 95.2 Å². The van der Waals surface area contributed by atoms with E-state index in [1.807, 2.05) is 12.3 Å². The number of hydrogen-bond acceptors (Lipinski definition) is 5. The first-order valence-corrected chi connectivity index (χ1v) is 9.58. The highest BCUT2D eigenvalue weighted by Gasteiger charge is 2.24. The van der Waals surface area contributed by atoms with Crippen molar-refractivity contribution in [3.05, 3.63) is 34.0 Å². The van der Waals surface area contributed by atoms with Crippen LogP contribution in [0.4, 0.5) is 0 Å². The van der Waals surface area contributed by atoms with Gasteiger partial charge >= 0.3 is 0 Å². The third-order valence-electron chi connectivity index (χ3n) is 3.31. The predicted octanol–water partition coefficient (Wildman–Crippen LogP) is 1.74. The molecule has 0 saturated heterocycles. The van der Waals surface area contributed by atoms with E-state index in [0.717, 1.165) is 10.7 Å². The van der Waals surface area contributed by atoms with E-state index in [-0.39, 0.29) is 16.5 Å². The first-order chi connectivity index (χ1) is 10.9. The molecule has 1 amide bonds. The van der Waals surface area contributed by atoms with Crippen molar-refractivity contribution in [2.45, 2.75) is 32.2 Å². The van der Waals surface area contributed by atoms with Crippen LogP contribution >= 0.6 is 11.3 Å². The third kappa shape index (κ3) is 3.98. The third-order valence-corrected chi connectivity index (χ3v) is 6.31. The van der Waals surface area contributed by atoms with Crippen molar-refractivity contribution in [3.8, 4) is 0 Å². The zero-order valence-electron chi connectivity index (χ0n) is 13.3. The van der Waals surface area contributed by atoms with E-state index in [1.165, 1.54) is 27.9 Å². The number of aryl methyl sites for hydroxylation is 1. The van der Waals surface area contributed by atoms with Gasteiger partial charge in [-0.2, -0.15) is 4.31 Å². The fourth-order valence-corrected chi connectivity index (χ4v) is 4.27. The van der Waals surface area contributed by atoms with Crippen molar-refractivity contribution in [3.63, 3.8) is 0 Å². The van der Waals surface area contributed by atoms with Crippen molar-refractivity contribution in [2.75, 3.05) is 13.1 Å². The normalized spacial score (nSPS) is 11.8. The smallest absolute Gasteiger partial charge is 0.268 e. The molecule has 0 aliphatic carbocycles. The highest BCUT2D eigenvalue weighted by Crippen LogP contribution is 2.16. The van der Waals surface area contributed by atoms with Crippen molar-refractivity contribution in [2.24, 2.45) is 0 Å². The minimum Gasteiger partial charge on any atom is -0.356 e. The summed E-state index contributed by atoms with van der Waals surface area (Å²) in [6, 6.07) is 1.36.